The predicted octanol–water partition coefficient (Wildman–Crippen LogP) is 5.15. The van der Waals surface area contributed by atoms with Crippen molar-refractivity contribution in [3.8, 4) is 0 Å². The van der Waals surface area contributed by atoms with Gasteiger partial charge in [-0.25, -0.2) is 4.39 Å². The minimum atomic E-state index is -4.48. The van der Waals surface area contributed by atoms with E-state index < -0.39 is 23.3 Å². The van der Waals surface area contributed by atoms with Crippen molar-refractivity contribution in [2.24, 2.45) is 0 Å². The Labute approximate surface area is 126 Å². The fraction of sp³-hybridized carbons (Fsp3) is 0.133. The van der Waals surface area contributed by atoms with Crippen molar-refractivity contribution in [3.63, 3.8) is 0 Å². The molecule has 0 bridgehead atoms. The first kappa shape index (κ1) is 15.7. The van der Waals surface area contributed by atoms with Crippen molar-refractivity contribution in [1.29, 1.82) is 0 Å². The zero-order valence-corrected chi connectivity index (χ0v) is 12.3. The molecule has 0 aliphatic heterocycles. The number of carbonyl (C=O) groups is 1. The van der Waals surface area contributed by atoms with Crippen LogP contribution in [-0.4, -0.2) is 5.78 Å². The lowest BCUT2D eigenvalue weighted by molar-refractivity contribution is -0.137. The number of carbonyl (C=O) groups excluding carboxylic acids is 1. The minimum Gasteiger partial charge on any atom is -0.288 e. The molecule has 0 heterocycles. The Kier molecular flexibility index (Phi) is 4.18. The molecule has 2 aromatic carbocycles. The van der Waals surface area contributed by atoms with Crippen LogP contribution in [0.5, 0.6) is 0 Å². The van der Waals surface area contributed by atoms with Gasteiger partial charge in [-0.1, -0.05) is 12.1 Å². The van der Waals surface area contributed by atoms with E-state index in [1.807, 2.05) is 0 Å². The smallest absolute Gasteiger partial charge is 0.288 e. The molecule has 1 nitrogen and oxygen atoms in total. The van der Waals surface area contributed by atoms with Gasteiger partial charge in [-0.3, -0.25) is 4.79 Å². The van der Waals surface area contributed by atoms with Crippen LogP contribution in [-0.2, 0) is 6.18 Å². The highest BCUT2D eigenvalue weighted by Crippen LogP contribution is 2.31. The van der Waals surface area contributed by atoms with Crippen LogP contribution in [0.15, 0.2) is 40.9 Å². The van der Waals surface area contributed by atoms with Gasteiger partial charge >= 0.3 is 6.18 Å². The number of ketones is 1. The molecule has 0 aliphatic carbocycles. The zero-order valence-electron chi connectivity index (χ0n) is 10.8. The molecule has 0 unspecified atom stereocenters. The first-order valence-corrected chi connectivity index (χ1v) is 6.67. The summed E-state index contributed by atoms with van der Waals surface area (Å²) in [5.41, 5.74) is -0.858. The van der Waals surface area contributed by atoms with Gasteiger partial charge in [-0.2, -0.15) is 13.2 Å². The number of benzene rings is 2. The molecule has 2 aromatic rings. The van der Waals surface area contributed by atoms with E-state index in [1.165, 1.54) is 19.1 Å². The van der Waals surface area contributed by atoms with Crippen molar-refractivity contribution >= 4 is 21.7 Å². The summed E-state index contributed by atoms with van der Waals surface area (Å²) in [6.07, 6.45) is -4.48. The van der Waals surface area contributed by atoms with Crippen LogP contribution in [0.1, 0.15) is 27.0 Å². The lowest BCUT2D eigenvalue weighted by atomic mass is 9.97. The molecule has 0 fully saturated rings. The Morgan fingerprint density at radius 1 is 1.14 bits per heavy atom. The minimum absolute atomic E-state index is 0.0359. The molecule has 0 saturated heterocycles. The van der Waals surface area contributed by atoms with Gasteiger partial charge in [0.25, 0.3) is 0 Å². The van der Waals surface area contributed by atoms with Gasteiger partial charge in [-0.05, 0) is 52.7 Å². The number of halogens is 5. The van der Waals surface area contributed by atoms with Gasteiger partial charge in [0.05, 0.1) is 11.1 Å². The summed E-state index contributed by atoms with van der Waals surface area (Å²) in [6.45, 7) is 1.39. The second kappa shape index (κ2) is 5.60. The zero-order chi connectivity index (χ0) is 15.8. The SMILES string of the molecule is Cc1cc(C(F)(F)F)ccc1C(=O)c1c(F)cccc1Br. The van der Waals surface area contributed by atoms with Crippen LogP contribution >= 0.6 is 15.9 Å². The molecule has 21 heavy (non-hydrogen) atoms. The van der Waals surface area contributed by atoms with Crippen molar-refractivity contribution in [2.45, 2.75) is 13.1 Å². The van der Waals surface area contributed by atoms with Crippen molar-refractivity contribution in [1.82, 2.24) is 0 Å². The van der Waals surface area contributed by atoms with E-state index in [9.17, 15) is 22.4 Å². The highest BCUT2D eigenvalue weighted by Gasteiger charge is 2.31. The molecule has 0 aromatic heterocycles. The topological polar surface area (TPSA) is 17.1 Å². The van der Waals surface area contributed by atoms with Crippen LogP contribution in [0.25, 0.3) is 0 Å². The van der Waals surface area contributed by atoms with Crippen molar-refractivity contribution in [2.75, 3.05) is 0 Å². The quantitative estimate of drug-likeness (QED) is 0.534. The maximum Gasteiger partial charge on any atom is 0.416 e. The summed E-state index contributed by atoms with van der Waals surface area (Å²) >= 11 is 3.07. The molecule has 0 saturated carbocycles. The van der Waals surface area contributed by atoms with E-state index >= 15 is 0 Å². The van der Waals surface area contributed by atoms with E-state index in [0.717, 1.165) is 24.3 Å². The Balaban J connectivity index is 2.50. The normalized spacial score (nSPS) is 11.5. The third-order valence-corrected chi connectivity index (χ3v) is 3.65. The summed E-state index contributed by atoms with van der Waals surface area (Å²) < 4.78 is 51.8. The van der Waals surface area contributed by atoms with Crippen LogP contribution in [0, 0.1) is 12.7 Å². The van der Waals surface area contributed by atoms with E-state index in [2.05, 4.69) is 15.9 Å². The monoisotopic (exact) mass is 360 g/mol. The van der Waals surface area contributed by atoms with Gasteiger partial charge in [0.15, 0.2) is 5.78 Å². The summed E-state index contributed by atoms with van der Waals surface area (Å²) in [4.78, 5) is 12.3. The number of hydrogen-bond acceptors (Lipinski definition) is 1. The first-order valence-electron chi connectivity index (χ1n) is 5.88. The van der Waals surface area contributed by atoms with E-state index in [1.54, 1.807) is 0 Å². The standard InChI is InChI=1S/C15H9BrF4O/c1-8-7-9(15(18,19)20)5-6-10(8)14(21)13-11(16)3-2-4-12(13)17/h2-7H,1H3. The second-order valence-electron chi connectivity index (χ2n) is 4.45. The summed E-state index contributed by atoms with van der Waals surface area (Å²) in [5.74, 6) is -1.39. The fourth-order valence-corrected chi connectivity index (χ4v) is 2.47. The second-order valence-corrected chi connectivity index (χ2v) is 5.31. The third-order valence-electron chi connectivity index (χ3n) is 2.99. The van der Waals surface area contributed by atoms with Gasteiger partial charge < -0.3 is 0 Å². The van der Waals surface area contributed by atoms with Crippen LogP contribution in [0.3, 0.4) is 0 Å². The largest absolute Gasteiger partial charge is 0.416 e. The number of alkyl halides is 3. The molecule has 0 N–H and O–H groups in total. The molecule has 0 spiro atoms. The predicted molar refractivity (Wildman–Crippen MR) is 73.7 cm³/mol. The molecule has 2 rings (SSSR count). The van der Waals surface area contributed by atoms with Crippen LogP contribution in [0.2, 0.25) is 0 Å². The highest BCUT2D eigenvalue weighted by atomic mass is 79.9. The van der Waals surface area contributed by atoms with Gasteiger partial charge in [-0.15, -0.1) is 0 Å². The summed E-state index contributed by atoms with van der Waals surface area (Å²) in [7, 11) is 0. The molecule has 0 atom stereocenters. The van der Waals surface area contributed by atoms with Gasteiger partial charge in [0, 0.05) is 10.0 Å². The third kappa shape index (κ3) is 3.15. The van der Waals surface area contributed by atoms with E-state index in [-0.39, 0.29) is 21.2 Å². The first-order chi connectivity index (χ1) is 9.71. The van der Waals surface area contributed by atoms with E-state index in [0.29, 0.717) is 0 Å². The Morgan fingerprint density at radius 3 is 2.33 bits per heavy atom. The maximum atomic E-state index is 13.8. The van der Waals surface area contributed by atoms with Gasteiger partial charge in [0.1, 0.15) is 5.82 Å². The Bertz CT molecular complexity index is 687. The Morgan fingerprint density at radius 2 is 1.81 bits per heavy atom. The van der Waals surface area contributed by atoms with Gasteiger partial charge in [0.2, 0.25) is 0 Å². The molecule has 110 valence electrons. The lowest BCUT2D eigenvalue weighted by Gasteiger charge is -2.11. The summed E-state index contributed by atoms with van der Waals surface area (Å²) in [5, 5.41) is 0. The average Bonchev–Trinajstić information content (AvgIpc) is 2.37. The lowest BCUT2D eigenvalue weighted by Crippen LogP contribution is -2.10. The highest BCUT2D eigenvalue weighted by molar-refractivity contribution is 9.10. The maximum absolute atomic E-state index is 13.8. The Hall–Kier alpha value is -1.69. The molecule has 0 amide bonds. The fourth-order valence-electron chi connectivity index (χ4n) is 1.94. The number of aryl methyl sites for hydroxylation is 1. The number of hydrogen-bond donors (Lipinski definition) is 0. The molecule has 0 aliphatic rings. The van der Waals surface area contributed by atoms with Crippen molar-refractivity contribution < 1.29 is 22.4 Å². The average molecular weight is 361 g/mol. The van der Waals surface area contributed by atoms with Crippen LogP contribution in [0.4, 0.5) is 17.6 Å². The molecule has 6 heteroatoms. The summed E-state index contributed by atoms with van der Waals surface area (Å²) in [6, 6.07) is 6.80. The van der Waals surface area contributed by atoms with E-state index in [4.69, 9.17) is 0 Å². The molecular formula is C15H9BrF4O. The van der Waals surface area contributed by atoms with Crippen molar-refractivity contribution in [3.05, 3.63) is 68.9 Å². The molecule has 0 radical (unpaired) electrons. The number of rotatable bonds is 2. The molecular weight excluding hydrogens is 352 g/mol. The van der Waals surface area contributed by atoms with Crippen LogP contribution < -0.4 is 0 Å².